The Morgan fingerprint density at radius 2 is 2.24 bits per heavy atom. The molecule has 0 heterocycles. The van der Waals surface area contributed by atoms with Gasteiger partial charge in [0.05, 0.1) is 6.61 Å². The highest BCUT2D eigenvalue weighted by atomic mass is 35.5. The number of nitriles is 1. The maximum Gasteiger partial charge on any atom is 0.349 e. The average Bonchev–Trinajstić information content (AvgIpc) is 2.30. The first-order valence-corrected chi connectivity index (χ1v) is 5.52. The Bertz CT molecular complexity index is 500. The predicted octanol–water partition coefficient (Wildman–Crippen LogP) is 3.20. The van der Waals surface area contributed by atoms with Crippen molar-refractivity contribution in [3.8, 4) is 6.07 Å². The molecule has 0 aromatic heterocycles. The topological polar surface area (TPSA) is 50.1 Å². The molecule has 1 aromatic rings. The lowest BCUT2D eigenvalue weighted by molar-refractivity contribution is -0.137. The van der Waals surface area contributed by atoms with Crippen LogP contribution in [-0.2, 0) is 9.53 Å². The highest BCUT2D eigenvalue weighted by molar-refractivity contribution is 6.30. The minimum Gasteiger partial charge on any atom is -0.462 e. The monoisotopic (exact) mass is 249 g/mol. The predicted molar refractivity (Wildman–Crippen MR) is 66.3 cm³/mol. The molecule has 0 aliphatic heterocycles. The Balaban J connectivity index is 3.18. The van der Waals surface area contributed by atoms with Crippen LogP contribution in [-0.4, -0.2) is 12.6 Å². The summed E-state index contributed by atoms with van der Waals surface area (Å²) in [6, 6.07) is 8.85. The van der Waals surface area contributed by atoms with Gasteiger partial charge in [-0.25, -0.2) is 4.79 Å². The second kappa shape index (κ2) is 6.07. The van der Waals surface area contributed by atoms with E-state index in [0.29, 0.717) is 10.6 Å². The molecule has 4 heteroatoms. The van der Waals surface area contributed by atoms with Gasteiger partial charge < -0.3 is 4.74 Å². The van der Waals surface area contributed by atoms with Crippen LogP contribution in [0.4, 0.5) is 0 Å². The Morgan fingerprint density at radius 3 is 2.76 bits per heavy atom. The fraction of sp³-hybridized carbons (Fsp3) is 0.231. The van der Waals surface area contributed by atoms with E-state index in [9.17, 15) is 4.79 Å². The van der Waals surface area contributed by atoms with Crippen molar-refractivity contribution in [3.05, 3.63) is 40.4 Å². The Morgan fingerprint density at radius 1 is 1.53 bits per heavy atom. The third-order valence-electron chi connectivity index (χ3n) is 2.22. The fourth-order valence-corrected chi connectivity index (χ4v) is 1.54. The number of carbonyl (C=O) groups is 1. The molecule has 3 nitrogen and oxygen atoms in total. The molecule has 0 bridgehead atoms. The Hall–Kier alpha value is -1.79. The van der Waals surface area contributed by atoms with Gasteiger partial charge in [0.15, 0.2) is 0 Å². The number of hydrogen-bond donors (Lipinski definition) is 0. The molecule has 17 heavy (non-hydrogen) atoms. The van der Waals surface area contributed by atoms with E-state index in [0.717, 1.165) is 5.56 Å². The van der Waals surface area contributed by atoms with Crippen LogP contribution in [0.25, 0.3) is 5.57 Å². The number of rotatable bonds is 3. The molecule has 88 valence electrons. The van der Waals surface area contributed by atoms with E-state index in [1.54, 1.807) is 38.1 Å². The molecule has 0 aliphatic rings. The minimum absolute atomic E-state index is 0.00844. The molecule has 0 N–H and O–H groups in total. The number of allylic oxidation sites excluding steroid dienone is 1. The van der Waals surface area contributed by atoms with E-state index in [-0.39, 0.29) is 12.2 Å². The van der Waals surface area contributed by atoms with Gasteiger partial charge in [-0.15, -0.1) is 0 Å². The summed E-state index contributed by atoms with van der Waals surface area (Å²) in [5, 5.41) is 9.54. The van der Waals surface area contributed by atoms with Gasteiger partial charge in [-0.2, -0.15) is 5.26 Å². The van der Waals surface area contributed by atoms with Crippen LogP contribution in [0.15, 0.2) is 29.8 Å². The van der Waals surface area contributed by atoms with Gasteiger partial charge in [-0.1, -0.05) is 23.7 Å². The van der Waals surface area contributed by atoms with Crippen molar-refractivity contribution in [3.63, 3.8) is 0 Å². The molecule has 0 aliphatic carbocycles. The standard InChI is InChI=1S/C13H12ClNO2/c1-3-17-13(16)12(8-15)9(2)10-5-4-6-11(14)7-10/h4-7H,3H2,1-2H3/b12-9-. The minimum atomic E-state index is -0.604. The maximum absolute atomic E-state index is 11.5. The fourth-order valence-electron chi connectivity index (χ4n) is 1.35. The Labute approximate surface area is 105 Å². The average molecular weight is 250 g/mol. The molecule has 0 fully saturated rings. The summed E-state index contributed by atoms with van der Waals surface area (Å²) in [6.07, 6.45) is 0. The van der Waals surface area contributed by atoms with Gasteiger partial charge in [0.25, 0.3) is 0 Å². The molecule has 0 atom stereocenters. The molecule has 0 saturated carbocycles. The van der Waals surface area contributed by atoms with Crippen molar-refractivity contribution < 1.29 is 9.53 Å². The highest BCUT2D eigenvalue weighted by Crippen LogP contribution is 2.21. The van der Waals surface area contributed by atoms with Crippen molar-refractivity contribution in [1.29, 1.82) is 5.26 Å². The van der Waals surface area contributed by atoms with E-state index in [4.69, 9.17) is 21.6 Å². The molecule has 0 unspecified atom stereocenters. The third kappa shape index (κ3) is 3.33. The number of hydrogen-bond acceptors (Lipinski definition) is 3. The molecular weight excluding hydrogens is 238 g/mol. The van der Waals surface area contributed by atoms with Gasteiger partial charge in [0, 0.05) is 5.02 Å². The maximum atomic E-state index is 11.5. The molecule has 1 aromatic carbocycles. The summed E-state index contributed by atoms with van der Waals surface area (Å²) < 4.78 is 4.82. The number of ether oxygens (including phenoxy) is 1. The quantitative estimate of drug-likeness (QED) is 0.470. The van der Waals surface area contributed by atoms with Crippen molar-refractivity contribution in [2.24, 2.45) is 0 Å². The van der Waals surface area contributed by atoms with Gasteiger partial charge >= 0.3 is 5.97 Å². The zero-order chi connectivity index (χ0) is 12.8. The number of esters is 1. The zero-order valence-corrected chi connectivity index (χ0v) is 10.4. The molecule has 0 radical (unpaired) electrons. The molecule has 0 amide bonds. The van der Waals surface area contributed by atoms with E-state index in [2.05, 4.69) is 0 Å². The van der Waals surface area contributed by atoms with E-state index >= 15 is 0 Å². The number of benzene rings is 1. The SMILES string of the molecule is CCOC(=O)/C(C#N)=C(/C)c1cccc(Cl)c1. The van der Waals surface area contributed by atoms with Crippen LogP contribution in [0.5, 0.6) is 0 Å². The second-order valence-corrected chi connectivity index (χ2v) is 3.78. The van der Waals surface area contributed by atoms with Crippen LogP contribution in [0.2, 0.25) is 5.02 Å². The summed E-state index contributed by atoms with van der Waals surface area (Å²) in [5.74, 6) is -0.604. The smallest absolute Gasteiger partial charge is 0.349 e. The van der Waals surface area contributed by atoms with Crippen molar-refractivity contribution in [2.75, 3.05) is 6.61 Å². The van der Waals surface area contributed by atoms with E-state index in [1.165, 1.54) is 0 Å². The summed E-state index contributed by atoms with van der Waals surface area (Å²) in [6.45, 7) is 3.63. The lowest BCUT2D eigenvalue weighted by atomic mass is 10.0. The van der Waals surface area contributed by atoms with Gasteiger partial charge in [-0.3, -0.25) is 0 Å². The largest absolute Gasteiger partial charge is 0.462 e. The van der Waals surface area contributed by atoms with Crippen LogP contribution in [0, 0.1) is 11.3 Å². The van der Waals surface area contributed by atoms with Crippen LogP contribution in [0.3, 0.4) is 0 Å². The van der Waals surface area contributed by atoms with Crippen molar-refractivity contribution >= 4 is 23.1 Å². The van der Waals surface area contributed by atoms with Gasteiger partial charge in [0.1, 0.15) is 11.6 Å². The molecular formula is C13H12ClNO2. The first-order valence-electron chi connectivity index (χ1n) is 5.14. The number of carbonyl (C=O) groups excluding carboxylic acids is 1. The molecule has 1 rings (SSSR count). The highest BCUT2D eigenvalue weighted by Gasteiger charge is 2.14. The van der Waals surface area contributed by atoms with E-state index < -0.39 is 5.97 Å². The lowest BCUT2D eigenvalue weighted by Crippen LogP contribution is -2.08. The van der Waals surface area contributed by atoms with Crippen LogP contribution < -0.4 is 0 Å². The van der Waals surface area contributed by atoms with Gasteiger partial charge in [0.2, 0.25) is 0 Å². The van der Waals surface area contributed by atoms with Crippen LogP contribution >= 0.6 is 11.6 Å². The lowest BCUT2D eigenvalue weighted by Gasteiger charge is -2.06. The first kappa shape index (κ1) is 13.3. The molecule has 0 saturated heterocycles. The van der Waals surface area contributed by atoms with E-state index in [1.807, 2.05) is 6.07 Å². The van der Waals surface area contributed by atoms with Crippen molar-refractivity contribution in [1.82, 2.24) is 0 Å². The van der Waals surface area contributed by atoms with Gasteiger partial charge in [-0.05, 0) is 37.1 Å². The summed E-state index contributed by atoms with van der Waals surface area (Å²) in [4.78, 5) is 11.5. The van der Waals surface area contributed by atoms with Crippen molar-refractivity contribution in [2.45, 2.75) is 13.8 Å². The zero-order valence-electron chi connectivity index (χ0n) is 9.66. The van der Waals surface area contributed by atoms with Crippen LogP contribution in [0.1, 0.15) is 19.4 Å². The summed E-state index contributed by atoms with van der Waals surface area (Å²) in [7, 11) is 0. The summed E-state index contributed by atoms with van der Waals surface area (Å²) in [5.41, 5.74) is 1.31. The molecule has 0 spiro atoms. The second-order valence-electron chi connectivity index (χ2n) is 3.34. The number of halogens is 1. The summed E-state index contributed by atoms with van der Waals surface area (Å²) >= 11 is 5.86. The number of nitrogens with zero attached hydrogens (tertiary/aromatic N) is 1. The third-order valence-corrected chi connectivity index (χ3v) is 2.46. The normalized spacial score (nSPS) is 11.4. The Kier molecular flexibility index (Phi) is 4.74. The first-order chi connectivity index (χ1) is 8.10.